The van der Waals surface area contributed by atoms with Crippen molar-refractivity contribution in [3.05, 3.63) is 104 Å². The zero-order valence-corrected chi connectivity index (χ0v) is 20.1. The number of nitrogens with one attached hydrogen (secondary N) is 1. The van der Waals surface area contributed by atoms with Gasteiger partial charge in [0.2, 0.25) is 11.7 Å². The van der Waals surface area contributed by atoms with Crippen molar-refractivity contribution in [2.45, 2.75) is 30.2 Å². The predicted octanol–water partition coefficient (Wildman–Crippen LogP) is 2.54. The van der Waals surface area contributed by atoms with Gasteiger partial charge in [0.1, 0.15) is 0 Å². The van der Waals surface area contributed by atoms with Gasteiger partial charge in [-0.15, -0.1) is 0 Å². The minimum atomic E-state index is -2.60. The lowest BCUT2D eigenvalue weighted by molar-refractivity contribution is -0.170. The lowest BCUT2D eigenvalue weighted by atomic mass is 9.90. The summed E-state index contributed by atoms with van der Waals surface area (Å²) >= 11 is 1.73. The first-order chi connectivity index (χ1) is 16.8. The van der Waals surface area contributed by atoms with Gasteiger partial charge < -0.3 is 14.2 Å². The quantitative estimate of drug-likeness (QED) is 0.275. The van der Waals surface area contributed by atoms with Crippen LogP contribution >= 0.6 is 22.6 Å². The van der Waals surface area contributed by atoms with Crippen molar-refractivity contribution >= 4 is 34.5 Å². The molecule has 0 aliphatic carbocycles. The second-order valence-corrected chi connectivity index (χ2v) is 8.99. The van der Waals surface area contributed by atoms with Crippen molar-refractivity contribution in [2.24, 2.45) is 0 Å². The van der Waals surface area contributed by atoms with E-state index in [0.717, 1.165) is 10.6 Å². The van der Waals surface area contributed by atoms with Crippen LogP contribution in [-0.4, -0.2) is 43.5 Å². The van der Waals surface area contributed by atoms with E-state index in [1.54, 1.807) is 59.0 Å². The van der Waals surface area contributed by atoms with Crippen LogP contribution in [-0.2, 0) is 20.6 Å². The predicted molar refractivity (Wildman–Crippen MR) is 128 cm³/mol. The molecule has 0 saturated carbocycles. The van der Waals surface area contributed by atoms with E-state index in [9.17, 15) is 19.2 Å². The third-order valence-corrected chi connectivity index (χ3v) is 7.06. The second-order valence-electron chi connectivity index (χ2n) is 8.23. The van der Waals surface area contributed by atoms with Crippen LogP contribution in [0.2, 0.25) is 0 Å². The first-order valence-corrected chi connectivity index (χ1v) is 12.1. The molecule has 5 rings (SSSR count). The van der Waals surface area contributed by atoms with Crippen LogP contribution in [0.1, 0.15) is 32.6 Å². The van der Waals surface area contributed by atoms with Crippen LogP contribution < -0.4 is 11.2 Å². The molecule has 1 fully saturated rings. The van der Waals surface area contributed by atoms with E-state index in [1.165, 1.54) is 24.3 Å². The van der Waals surface area contributed by atoms with Crippen LogP contribution in [0.3, 0.4) is 0 Å². The molecule has 0 amide bonds. The normalized spacial score (nSPS) is 26.6. The van der Waals surface area contributed by atoms with Crippen molar-refractivity contribution < 1.29 is 28.2 Å². The summed E-state index contributed by atoms with van der Waals surface area (Å²) in [5.41, 5.74) is -3.02. The van der Waals surface area contributed by atoms with E-state index in [-0.39, 0.29) is 27.7 Å². The Morgan fingerprint density at radius 3 is 2.26 bits per heavy atom. The summed E-state index contributed by atoms with van der Waals surface area (Å²) in [5.74, 6) is -4.29. The highest BCUT2D eigenvalue weighted by atomic mass is 127. The largest absolute Gasteiger partial charge is 0.448 e. The number of fused-ring (bicyclic) bond motifs is 3. The number of carbonyl (C=O) groups is 2. The number of benzene rings is 2. The fourth-order valence-corrected chi connectivity index (χ4v) is 5.09. The smallest absolute Gasteiger partial charge is 0.338 e. The van der Waals surface area contributed by atoms with Gasteiger partial charge in [0.25, 0.3) is 11.4 Å². The Labute approximate surface area is 211 Å². The lowest BCUT2D eigenvalue weighted by Gasteiger charge is -2.34. The molecule has 0 radical (unpaired) electrons. The van der Waals surface area contributed by atoms with E-state index >= 15 is 4.39 Å². The van der Waals surface area contributed by atoms with Crippen molar-refractivity contribution in [1.29, 1.82) is 0 Å². The van der Waals surface area contributed by atoms with Gasteiger partial charge in [-0.2, -0.15) is 0 Å². The summed E-state index contributed by atoms with van der Waals surface area (Å²) in [6.07, 6.45) is -3.51. The number of hydrogen-bond acceptors (Lipinski definition) is 7. The third kappa shape index (κ3) is 3.88. The monoisotopic (exact) mass is 592 g/mol. The molecule has 180 valence electrons. The fourth-order valence-electron chi connectivity index (χ4n) is 4.51. The zero-order valence-electron chi connectivity index (χ0n) is 18.0. The van der Waals surface area contributed by atoms with Crippen LogP contribution in [0.4, 0.5) is 4.39 Å². The Kier molecular flexibility index (Phi) is 5.83. The van der Waals surface area contributed by atoms with Crippen molar-refractivity contribution in [2.75, 3.05) is 4.43 Å². The van der Waals surface area contributed by atoms with E-state index < -0.39 is 47.0 Å². The number of H-pyrrole nitrogens is 1. The van der Waals surface area contributed by atoms with E-state index in [4.69, 9.17) is 14.2 Å². The highest BCUT2D eigenvalue weighted by molar-refractivity contribution is 14.1. The summed E-state index contributed by atoms with van der Waals surface area (Å²) in [6.45, 7) is 0. The number of hydrogen-bond donors (Lipinski definition) is 1. The number of halogens is 2. The molecule has 4 atom stereocenters. The molecule has 1 N–H and O–H groups in total. The summed E-state index contributed by atoms with van der Waals surface area (Å²) in [4.78, 5) is 52.9. The number of ether oxygens (including phenoxy) is 3. The number of aromatic nitrogens is 2. The number of nitrogens with zero attached hydrogens (tertiary/aromatic N) is 1. The number of alkyl halides is 2. The highest BCUT2D eigenvalue weighted by Crippen LogP contribution is 2.54. The van der Waals surface area contributed by atoms with Crippen LogP contribution in [0.5, 0.6) is 0 Å². The van der Waals surface area contributed by atoms with Crippen LogP contribution in [0.25, 0.3) is 0 Å². The SMILES string of the molecule is O=C(O[C@H]1[C@]2(OC(=O)c3ccccc3)Cc3cc(=O)[nH]c(=O)n3[C@@H]2O[C@]1(F)CI)c1ccccc1. The average Bonchev–Trinajstić information content (AvgIpc) is 3.27. The Morgan fingerprint density at radius 2 is 1.66 bits per heavy atom. The molecule has 0 spiro atoms. The maximum atomic E-state index is 16.2. The van der Waals surface area contributed by atoms with Gasteiger partial charge in [-0.05, 0) is 24.3 Å². The highest BCUT2D eigenvalue weighted by Gasteiger charge is 2.73. The molecular weight excluding hydrogens is 574 g/mol. The van der Waals surface area contributed by atoms with Crippen molar-refractivity contribution in [3.63, 3.8) is 0 Å². The molecule has 1 saturated heterocycles. The molecule has 2 aliphatic rings. The maximum Gasteiger partial charge on any atom is 0.338 e. The van der Waals surface area contributed by atoms with Crippen molar-refractivity contribution in [3.8, 4) is 0 Å². The molecule has 0 unspecified atom stereocenters. The van der Waals surface area contributed by atoms with E-state index in [2.05, 4.69) is 4.98 Å². The zero-order chi connectivity index (χ0) is 24.8. The molecule has 1 aromatic heterocycles. The summed E-state index contributed by atoms with van der Waals surface area (Å²) in [6, 6.07) is 17.0. The average molecular weight is 592 g/mol. The number of rotatable bonds is 5. The number of carbonyl (C=O) groups excluding carboxylic acids is 2. The molecule has 3 heterocycles. The van der Waals surface area contributed by atoms with Gasteiger partial charge >= 0.3 is 17.6 Å². The molecule has 3 aromatic rings. The summed E-state index contributed by atoms with van der Waals surface area (Å²) in [5, 5.41) is 0. The molecular formula is C24H18FIN2O7. The summed E-state index contributed by atoms with van der Waals surface area (Å²) < 4.78 is 34.1. The first kappa shape index (κ1) is 23.4. The Bertz CT molecular complexity index is 1410. The van der Waals surface area contributed by atoms with Gasteiger partial charge in [-0.25, -0.2) is 18.8 Å². The maximum absolute atomic E-state index is 16.2. The second kappa shape index (κ2) is 8.72. The lowest BCUT2D eigenvalue weighted by Crippen LogP contribution is -2.54. The Balaban J connectivity index is 1.63. The topological polar surface area (TPSA) is 117 Å². The molecule has 2 aliphatic heterocycles. The standard InChI is InChI=1S/C24H18FIN2O7/c25-24(13-26)20(33-18(30)14-7-3-1-4-8-14)23(34-19(31)15-9-5-2-6-10-15)12-16-11-17(29)27-22(32)28(16)21(23)35-24/h1-11,20-21H,12-13H2,(H,27,29,32)/t20-,21+,23+,24+/m0/s1. The van der Waals surface area contributed by atoms with E-state index in [1.807, 2.05) is 0 Å². The van der Waals surface area contributed by atoms with Gasteiger partial charge in [0.15, 0.2) is 6.23 Å². The van der Waals surface area contributed by atoms with Crippen molar-refractivity contribution in [1.82, 2.24) is 9.55 Å². The molecule has 0 bridgehead atoms. The van der Waals surface area contributed by atoms with Gasteiger partial charge in [0, 0.05) is 18.2 Å². The molecule has 2 aromatic carbocycles. The summed E-state index contributed by atoms with van der Waals surface area (Å²) in [7, 11) is 0. The fraction of sp³-hybridized carbons (Fsp3) is 0.250. The minimum absolute atomic E-state index is 0.152. The van der Waals surface area contributed by atoms with Gasteiger partial charge in [0.05, 0.1) is 15.6 Å². The Hall–Kier alpha value is -3.32. The first-order valence-electron chi connectivity index (χ1n) is 10.6. The minimum Gasteiger partial charge on any atom is -0.448 e. The Morgan fingerprint density at radius 1 is 1.06 bits per heavy atom. The number of aromatic amines is 1. The van der Waals surface area contributed by atoms with Crippen LogP contribution in [0.15, 0.2) is 76.3 Å². The molecule has 11 heteroatoms. The van der Waals surface area contributed by atoms with E-state index in [0.29, 0.717) is 0 Å². The van der Waals surface area contributed by atoms with Crippen LogP contribution in [0, 0.1) is 0 Å². The van der Waals surface area contributed by atoms with Gasteiger partial charge in [-0.3, -0.25) is 14.3 Å². The third-order valence-electron chi connectivity index (χ3n) is 6.02. The molecule has 9 nitrogen and oxygen atoms in total. The number of esters is 2. The molecule has 35 heavy (non-hydrogen) atoms. The van der Waals surface area contributed by atoms with Gasteiger partial charge in [-0.1, -0.05) is 59.0 Å².